The van der Waals surface area contributed by atoms with Crippen LogP contribution in [-0.2, 0) is 0 Å². The van der Waals surface area contributed by atoms with Crippen LogP contribution >= 0.6 is 11.3 Å². The highest BCUT2D eigenvalue weighted by molar-refractivity contribution is 7.22. The van der Waals surface area contributed by atoms with Crippen molar-refractivity contribution < 1.29 is 9.90 Å². The minimum atomic E-state index is -0.830. The van der Waals surface area contributed by atoms with Crippen LogP contribution in [0.4, 0.5) is 9.93 Å². The van der Waals surface area contributed by atoms with Gasteiger partial charge in [-0.15, -0.1) is 0 Å². The van der Waals surface area contributed by atoms with Crippen molar-refractivity contribution in [1.29, 1.82) is 0 Å². The van der Waals surface area contributed by atoms with Gasteiger partial charge in [0, 0.05) is 19.6 Å². The molecular weight excluding hydrogens is 298 g/mol. The van der Waals surface area contributed by atoms with Gasteiger partial charge >= 0.3 is 6.09 Å². The molecule has 0 saturated carbocycles. The van der Waals surface area contributed by atoms with Crippen molar-refractivity contribution in [3.05, 3.63) is 24.3 Å². The first-order valence-corrected chi connectivity index (χ1v) is 8.28. The Bertz CT molecular complexity index is 659. The number of anilines is 1. The molecule has 22 heavy (non-hydrogen) atoms. The number of rotatable bonds is 1. The predicted octanol–water partition coefficient (Wildman–Crippen LogP) is 3.51. The van der Waals surface area contributed by atoms with E-state index in [-0.39, 0.29) is 11.5 Å². The Kier molecular flexibility index (Phi) is 3.72. The number of benzene rings is 1. The van der Waals surface area contributed by atoms with E-state index in [1.54, 1.807) is 16.2 Å². The van der Waals surface area contributed by atoms with Crippen LogP contribution in [0.15, 0.2) is 24.3 Å². The van der Waals surface area contributed by atoms with Gasteiger partial charge in [-0.25, -0.2) is 9.78 Å². The molecule has 1 aromatic carbocycles. The van der Waals surface area contributed by atoms with E-state index in [2.05, 4.69) is 31.7 Å². The van der Waals surface area contributed by atoms with Gasteiger partial charge in [0.05, 0.1) is 16.3 Å². The zero-order valence-corrected chi connectivity index (χ0v) is 13.9. The molecule has 1 aliphatic rings. The number of amides is 1. The molecule has 2 heterocycles. The lowest BCUT2D eigenvalue weighted by Gasteiger charge is -2.45. The standard InChI is InChI=1S/C16H21N3O2S/c1-16(2,3)13-10-18(8-9-19(13)15(20)21)14-17-11-6-4-5-7-12(11)22-14/h4-7,13H,8-10H2,1-3H3,(H,20,21). The maximum Gasteiger partial charge on any atom is 0.407 e. The van der Waals surface area contributed by atoms with Crippen molar-refractivity contribution in [3.63, 3.8) is 0 Å². The van der Waals surface area contributed by atoms with Gasteiger partial charge in [0.25, 0.3) is 0 Å². The van der Waals surface area contributed by atoms with E-state index in [9.17, 15) is 9.90 Å². The van der Waals surface area contributed by atoms with E-state index in [4.69, 9.17) is 4.98 Å². The molecule has 1 atom stereocenters. The summed E-state index contributed by atoms with van der Waals surface area (Å²) in [6.45, 7) is 8.18. The highest BCUT2D eigenvalue weighted by Gasteiger charge is 2.38. The van der Waals surface area contributed by atoms with E-state index in [1.807, 2.05) is 18.2 Å². The summed E-state index contributed by atoms with van der Waals surface area (Å²) < 4.78 is 1.17. The van der Waals surface area contributed by atoms with Gasteiger partial charge in [-0.05, 0) is 17.5 Å². The molecule has 5 nitrogen and oxygen atoms in total. The van der Waals surface area contributed by atoms with Crippen molar-refractivity contribution >= 4 is 32.8 Å². The number of hydrogen-bond donors (Lipinski definition) is 1. The number of carbonyl (C=O) groups is 1. The van der Waals surface area contributed by atoms with E-state index in [0.29, 0.717) is 19.6 Å². The number of aromatic nitrogens is 1. The zero-order chi connectivity index (χ0) is 15.9. The van der Waals surface area contributed by atoms with Gasteiger partial charge in [-0.3, -0.25) is 0 Å². The molecule has 1 aliphatic heterocycles. The highest BCUT2D eigenvalue weighted by Crippen LogP contribution is 2.33. The lowest BCUT2D eigenvalue weighted by molar-refractivity contribution is 0.0748. The van der Waals surface area contributed by atoms with Crippen LogP contribution < -0.4 is 4.90 Å². The quantitative estimate of drug-likeness (QED) is 0.874. The summed E-state index contributed by atoms with van der Waals surface area (Å²) in [6, 6.07) is 8.07. The lowest BCUT2D eigenvalue weighted by atomic mass is 9.84. The SMILES string of the molecule is CC(C)(C)C1CN(c2nc3ccccc3s2)CCN1C(=O)O. The van der Waals surface area contributed by atoms with E-state index >= 15 is 0 Å². The summed E-state index contributed by atoms with van der Waals surface area (Å²) in [6.07, 6.45) is -0.830. The summed E-state index contributed by atoms with van der Waals surface area (Å²) in [5.74, 6) is 0. The molecule has 0 spiro atoms. The highest BCUT2D eigenvalue weighted by atomic mass is 32.1. The fourth-order valence-electron chi connectivity index (χ4n) is 2.92. The van der Waals surface area contributed by atoms with Crippen molar-refractivity contribution in [1.82, 2.24) is 9.88 Å². The second-order valence-corrected chi connectivity index (χ2v) is 7.78. The Morgan fingerprint density at radius 3 is 2.68 bits per heavy atom. The van der Waals surface area contributed by atoms with Gasteiger partial charge < -0.3 is 14.9 Å². The number of thiazole rings is 1. The van der Waals surface area contributed by atoms with Gasteiger partial charge in [0.1, 0.15) is 0 Å². The zero-order valence-electron chi connectivity index (χ0n) is 13.1. The molecule has 0 bridgehead atoms. The van der Waals surface area contributed by atoms with E-state index in [0.717, 1.165) is 10.6 Å². The first-order valence-electron chi connectivity index (χ1n) is 7.46. The number of nitrogens with zero attached hydrogens (tertiary/aromatic N) is 3. The summed E-state index contributed by atoms with van der Waals surface area (Å²) in [5, 5.41) is 10.4. The molecule has 3 rings (SSSR count). The van der Waals surface area contributed by atoms with Gasteiger partial charge in [0.15, 0.2) is 5.13 Å². The van der Waals surface area contributed by atoms with E-state index in [1.165, 1.54) is 4.70 Å². The molecule has 1 amide bonds. The summed E-state index contributed by atoms with van der Waals surface area (Å²) in [7, 11) is 0. The average molecular weight is 319 g/mol. The fraction of sp³-hybridized carbons (Fsp3) is 0.500. The minimum absolute atomic E-state index is 0.0363. The molecule has 0 aliphatic carbocycles. The number of fused-ring (bicyclic) bond motifs is 1. The summed E-state index contributed by atoms with van der Waals surface area (Å²) in [4.78, 5) is 20.0. The fourth-order valence-corrected chi connectivity index (χ4v) is 3.92. The molecule has 2 aromatic rings. The van der Waals surface area contributed by atoms with Crippen molar-refractivity contribution in [3.8, 4) is 0 Å². The van der Waals surface area contributed by atoms with Crippen LogP contribution in [0.5, 0.6) is 0 Å². The molecule has 1 saturated heterocycles. The Morgan fingerprint density at radius 2 is 2.05 bits per heavy atom. The Balaban J connectivity index is 1.88. The van der Waals surface area contributed by atoms with Crippen LogP contribution in [-0.4, -0.2) is 46.8 Å². The van der Waals surface area contributed by atoms with Crippen molar-refractivity contribution in [2.75, 3.05) is 24.5 Å². The first-order chi connectivity index (χ1) is 10.4. The monoisotopic (exact) mass is 319 g/mol. The summed E-state index contributed by atoms with van der Waals surface area (Å²) >= 11 is 1.67. The van der Waals surface area contributed by atoms with Crippen LogP contribution in [0, 0.1) is 5.41 Å². The molecule has 0 radical (unpaired) electrons. The normalized spacial score (nSPS) is 19.7. The molecule has 1 N–H and O–H groups in total. The molecule has 1 fully saturated rings. The number of hydrogen-bond acceptors (Lipinski definition) is 4. The largest absolute Gasteiger partial charge is 0.465 e. The summed E-state index contributed by atoms with van der Waals surface area (Å²) in [5.41, 5.74) is 0.906. The first kappa shape index (κ1) is 15.1. The topological polar surface area (TPSA) is 56.7 Å². The Labute approximate surface area is 134 Å². The Hall–Kier alpha value is -1.82. The van der Waals surface area contributed by atoms with Gasteiger partial charge in [0.2, 0.25) is 0 Å². The average Bonchev–Trinajstić information content (AvgIpc) is 2.89. The van der Waals surface area contributed by atoms with Crippen molar-refractivity contribution in [2.45, 2.75) is 26.8 Å². The molecular formula is C16H21N3O2S. The third kappa shape index (κ3) is 2.75. The molecule has 1 aromatic heterocycles. The maximum atomic E-state index is 11.5. The van der Waals surface area contributed by atoms with Crippen LogP contribution in [0.25, 0.3) is 10.2 Å². The predicted molar refractivity (Wildman–Crippen MR) is 89.8 cm³/mol. The Morgan fingerprint density at radius 1 is 1.32 bits per heavy atom. The van der Waals surface area contributed by atoms with Crippen LogP contribution in [0.1, 0.15) is 20.8 Å². The second kappa shape index (κ2) is 5.43. The number of para-hydroxylation sites is 1. The second-order valence-electron chi connectivity index (χ2n) is 6.77. The third-order valence-corrected chi connectivity index (χ3v) is 5.28. The number of carboxylic acid groups (broad SMARTS) is 1. The smallest absolute Gasteiger partial charge is 0.407 e. The minimum Gasteiger partial charge on any atom is -0.465 e. The molecule has 1 unspecified atom stereocenters. The van der Waals surface area contributed by atoms with Gasteiger partial charge in [-0.2, -0.15) is 0 Å². The molecule has 118 valence electrons. The van der Waals surface area contributed by atoms with Crippen LogP contribution in [0.2, 0.25) is 0 Å². The molecule has 6 heteroatoms. The van der Waals surface area contributed by atoms with Crippen molar-refractivity contribution in [2.24, 2.45) is 5.41 Å². The third-order valence-electron chi connectivity index (χ3n) is 4.18. The lowest BCUT2D eigenvalue weighted by Crippen LogP contribution is -2.59. The number of piperazine rings is 1. The van der Waals surface area contributed by atoms with Crippen LogP contribution in [0.3, 0.4) is 0 Å². The maximum absolute atomic E-state index is 11.5. The van der Waals surface area contributed by atoms with E-state index < -0.39 is 6.09 Å². The van der Waals surface area contributed by atoms with Gasteiger partial charge in [-0.1, -0.05) is 44.2 Å².